The summed E-state index contributed by atoms with van der Waals surface area (Å²) in [5, 5.41) is 0.574. The first-order valence-electron chi connectivity index (χ1n) is 6.45. The molecule has 2 rings (SSSR count). The van der Waals surface area contributed by atoms with Gasteiger partial charge in [0.1, 0.15) is 0 Å². The smallest absolute Gasteiger partial charge is 0.320 e. The monoisotopic (exact) mass is 326 g/mol. The van der Waals surface area contributed by atoms with Crippen LogP contribution in [0.15, 0.2) is 48.5 Å². The fourth-order valence-corrected chi connectivity index (χ4v) is 2.30. The van der Waals surface area contributed by atoms with E-state index in [9.17, 15) is 4.21 Å². The van der Waals surface area contributed by atoms with Crippen LogP contribution in [0, 0.1) is 0 Å². The Kier molecular flexibility index (Phi) is 6.20. The Morgan fingerprint density at radius 1 is 1.14 bits per heavy atom. The lowest BCUT2D eigenvalue weighted by Crippen LogP contribution is -2.06. The molecule has 0 aliphatic carbocycles. The van der Waals surface area contributed by atoms with Crippen molar-refractivity contribution < 1.29 is 17.6 Å². The van der Waals surface area contributed by atoms with Gasteiger partial charge in [0.15, 0.2) is 5.75 Å². The first-order valence-corrected chi connectivity index (χ1v) is 7.83. The van der Waals surface area contributed by atoms with E-state index in [1.165, 1.54) is 0 Å². The van der Waals surface area contributed by atoms with Gasteiger partial charge in [-0.2, -0.15) is 4.21 Å². The number of halogens is 1. The minimum absolute atomic E-state index is 0.335. The molecule has 0 N–H and O–H groups in total. The van der Waals surface area contributed by atoms with E-state index < -0.39 is 11.4 Å². The van der Waals surface area contributed by atoms with Crippen LogP contribution in [0.5, 0.6) is 5.75 Å². The Morgan fingerprint density at radius 2 is 1.90 bits per heavy atom. The Bertz CT molecular complexity index is 604. The maximum atomic E-state index is 11.4. The van der Waals surface area contributed by atoms with E-state index in [4.69, 9.17) is 25.0 Å². The van der Waals surface area contributed by atoms with Crippen LogP contribution >= 0.6 is 11.6 Å². The average molecular weight is 327 g/mol. The molecule has 0 heterocycles. The van der Waals surface area contributed by atoms with E-state index >= 15 is 0 Å². The zero-order chi connectivity index (χ0) is 15.1. The van der Waals surface area contributed by atoms with Crippen molar-refractivity contribution in [2.45, 2.75) is 13.3 Å². The van der Waals surface area contributed by atoms with Crippen LogP contribution in [0.1, 0.15) is 13.3 Å². The summed E-state index contributed by atoms with van der Waals surface area (Å²) in [5.74, 6) is 0.416. The molecule has 6 heteroatoms. The number of hydrogen-bond acceptors (Lipinski definition) is 4. The SMILES string of the molecule is CCCOS(=O)OOc1ccc(Cl)cc1-c1ccccc1. The van der Waals surface area contributed by atoms with Gasteiger partial charge in [0.2, 0.25) is 0 Å². The molecule has 0 aliphatic rings. The normalized spacial score (nSPS) is 12.1. The molecule has 0 aliphatic heterocycles. The molecule has 0 amide bonds. The van der Waals surface area contributed by atoms with E-state index in [2.05, 4.69) is 0 Å². The molecule has 1 atom stereocenters. The van der Waals surface area contributed by atoms with E-state index in [-0.39, 0.29) is 0 Å². The van der Waals surface area contributed by atoms with Crippen molar-refractivity contribution >= 4 is 23.0 Å². The minimum atomic E-state index is -1.95. The van der Waals surface area contributed by atoms with Crippen molar-refractivity contribution in [2.75, 3.05) is 6.61 Å². The summed E-state index contributed by atoms with van der Waals surface area (Å²) < 4.78 is 21.0. The maximum Gasteiger partial charge on any atom is 0.343 e. The van der Waals surface area contributed by atoms with Gasteiger partial charge in [-0.25, -0.2) is 0 Å². The van der Waals surface area contributed by atoms with E-state index in [0.29, 0.717) is 17.4 Å². The predicted molar refractivity (Wildman–Crippen MR) is 83.0 cm³/mol. The third kappa shape index (κ3) is 4.82. The summed E-state index contributed by atoms with van der Waals surface area (Å²) in [4.78, 5) is 5.12. The van der Waals surface area contributed by atoms with Gasteiger partial charge in [0.05, 0.1) is 6.61 Å². The van der Waals surface area contributed by atoms with Crippen LogP contribution in [-0.2, 0) is 19.9 Å². The Hall–Kier alpha value is -1.40. The molecule has 0 saturated heterocycles. The van der Waals surface area contributed by atoms with Gasteiger partial charge < -0.3 is 4.89 Å². The second-order valence-electron chi connectivity index (χ2n) is 4.18. The standard InChI is InChI=1S/C15H15ClO4S/c1-2-10-18-21(17)20-19-15-9-8-13(16)11-14(15)12-6-4-3-5-7-12/h3-9,11H,2,10H2,1H3. The number of rotatable bonds is 7. The average Bonchev–Trinajstić information content (AvgIpc) is 2.52. The highest BCUT2D eigenvalue weighted by molar-refractivity contribution is 7.75. The lowest BCUT2D eigenvalue weighted by molar-refractivity contribution is -0.0963. The second kappa shape index (κ2) is 8.14. The zero-order valence-electron chi connectivity index (χ0n) is 11.5. The lowest BCUT2D eigenvalue weighted by atomic mass is 10.1. The van der Waals surface area contributed by atoms with Crippen LogP contribution in [0.4, 0.5) is 0 Å². The summed E-state index contributed by atoms with van der Waals surface area (Å²) >= 11 is 4.07. The van der Waals surface area contributed by atoms with Crippen molar-refractivity contribution in [3.05, 3.63) is 53.6 Å². The van der Waals surface area contributed by atoms with Crippen LogP contribution in [0.25, 0.3) is 11.1 Å². The van der Waals surface area contributed by atoms with Gasteiger partial charge in [0, 0.05) is 10.6 Å². The predicted octanol–water partition coefficient (Wildman–Crippen LogP) is 4.32. The fourth-order valence-electron chi connectivity index (χ4n) is 1.65. The first kappa shape index (κ1) is 16.0. The van der Waals surface area contributed by atoms with Crippen molar-refractivity contribution in [1.82, 2.24) is 0 Å². The highest BCUT2D eigenvalue weighted by atomic mass is 35.5. The van der Waals surface area contributed by atoms with Gasteiger partial charge in [0.25, 0.3) is 0 Å². The molecule has 21 heavy (non-hydrogen) atoms. The third-order valence-electron chi connectivity index (χ3n) is 2.59. The molecule has 4 nitrogen and oxygen atoms in total. The van der Waals surface area contributed by atoms with Gasteiger partial charge in [-0.1, -0.05) is 53.2 Å². The number of hydrogen-bond donors (Lipinski definition) is 0. The highest BCUT2D eigenvalue weighted by Gasteiger charge is 2.10. The summed E-state index contributed by atoms with van der Waals surface area (Å²) in [6, 6.07) is 14.6. The minimum Gasteiger partial charge on any atom is -0.320 e. The van der Waals surface area contributed by atoms with Gasteiger partial charge in [-0.15, -0.1) is 0 Å². The molecule has 0 fully saturated rings. The summed E-state index contributed by atoms with van der Waals surface area (Å²) in [5.41, 5.74) is 1.66. The molecular weight excluding hydrogens is 312 g/mol. The quantitative estimate of drug-likeness (QED) is 0.561. The summed E-state index contributed by atoms with van der Waals surface area (Å²) in [6.45, 7) is 2.24. The fraction of sp³-hybridized carbons (Fsp3) is 0.200. The molecule has 2 aromatic carbocycles. The van der Waals surface area contributed by atoms with E-state index in [0.717, 1.165) is 17.5 Å². The molecule has 112 valence electrons. The highest BCUT2D eigenvalue weighted by Crippen LogP contribution is 2.32. The number of benzene rings is 2. The Labute approximate surface area is 131 Å². The Balaban J connectivity index is 2.14. The largest absolute Gasteiger partial charge is 0.343 e. The van der Waals surface area contributed by atoms with Gasteiger partial charge in [-0.3, -0.25) is 4.18 Å². The van der Waals surface area contributed by atoms with E-state index in [1.54, 1.807) is 18.2 Å². The molecule has 0 aromatic heterocycles. The van der Waals surface area contributed by atoms with Crippen molar-refractivity contribution in [3.8, 4) is 16.9 Å². The van der Waals surface area contributed by atoms with Crippen LogP contribution in [0.2, 0.25) is 5.02 Å². The summed E-state index contributed by atoms with van der Waals surface area (Å²) in [6.07, 6.45) is 0.741. The maximum absolute atomic E-state index is 11.4. The van der Waals surface area contributed by atoms with E-state index in [1.807, 2.05) is 37.3 Å². The molecule has 0 radical (unpaired) electrons. The topological polar surface area (TPSA) is 44.8 Å². The third-order valence-corrected chi connectivity index (χ3v) is 3.36. The van der Waals surface area contributed by atoms with Crippen molar-refractivity contribution in [3.63, 3.8) is 0 Å². The molecule has 1 unspecified atom stereocenters. The molecule has 0 spiro atoms. The zero-order valence-corrected chi connectivity index (χ0v) is 13.0. The molecule has 2 aromatic rings. The van der Waals surface area contributed by atoms with Gasteiger partial charge >= 0.3 is 11.4 Å². The van der Waals surface area contributed by atoms with Crippen LogP contribution < -0.4 is 4.89 Å². The first-order chi connectivity index (χ1) is 10.2. The molecule has 0 bridgehead atoms. The Morgan fingerprint density at radius 3 is 2.62 bits per heavy atom. The van der Waals surface area contributed by atoms with Crippen molar-refractivity contribution in [1.29, 1.82) is 0 Å². The van der Waals surface area contributed by atoms with Crippen LogP contribution in [-0.4, -0.2) is 10.8 Å². The van der Waals surface area contributed by atoms with Gasteiger partial charge in [-0.05, 0) is 30.2 Å². The van der Waals surface area contributed by atoms with Crippen molar-refractivity contribution in [2.24, 2.45) is 0 Å². The second-order valence-corrected chi connectivity index (χ2v) is 5.40. The molecular formula is C15H15ClO4S. The molecule has 0 saturated carbocycles. The summed E-state index contributed by atoms with van der Waals surface area (Å²) in [7, 11) is 0. The lowest BCUT2D eigenvalue weighted by Gasteiger charge is -2.09. The van der Waals surface area contributed by atoms with Crippen LogP contribution in [0.3, 0.4) is 0 Å².